The van der Waals surface area contributed by atoms with E-state index in [1.165, 1.54) is 19.3 Å². The highest BCUT2D eigenvalue weighted by Gasteiger charge is 2.48. The first kappa shape index (κ1) is 21.2. The lowest BCUT2D eigenvalue weighted by molar-refractivity contribution is -0.119. The smallest absolute Gasteiger partial charge is 0.247 e. The first-order valence-electron chi connectivity index (χ1n) is 9.09. The number of hydrogen-bond donors (Lipinski definition) is 2. The van der Waals surface area contributed by atoms with E-state index in [9.17, 15) is 13.2 Å². The number of hydrogen-bond acceptors (Lipinski definition) is 5. The van der Waals surface area contributed by atoms with Crippen LogP contribution in [0.3, 0.4) is 0 Å². The van der Waals surface area contributed by atoms with Crippen molar-refractivity contribution in [3.8, 4) is 0 Å². The van der Waals surface area contributed by atoms with Gasteiger partial charge in [-0.3, -0.25) is 9.48 Å². The summed E-state index contributed by atoms with van der Waals surface area (Å²) in [6.07, 6.45) is 7.72. The van der Waals surface area contributed by atoms with Gasteiger partial charge in [-0.15, -0.1) is 12.4 Å². The van der Waals surface area contributed by atoms with Crippen molar-refractivity contribution in [3.63, 3.8) is 0 Å². The van der Waals surface area contributed by atoms with E-state index in [-0.39, 0.29) is 12.4 Å². The first-order valence-corrected chi connectivity index (χ1v) is 11.0. The molecule has 0 unspecified atom stereocenters. The van der Waals surface area contributed by atoms with Gasteiger partial charge in [0.1, 0.15) is 5.82 Å². The van der Waals surface area contributed by atoms with Gasteiger partial charge in [0, 0.05) is 25.3 Å². The van der Waals surface area contributed by atoms with Gasteiger partial charge in [-0.2, -0.15) is 5.10 Å². The quantitative estimate of drug-likeness (QED) is 0.800. The van der Waals surface area contributed by atoms with Crippen LogP contribution < -0.4 is 10.6 Å². The number of rotatable bonds is 4. The van der Waals surface area contributed by atoms with Crippen LogP contribution in [0.1, 0.15) is 56.6 Å². The number of piperidine rings is 1. The van der Waals surface area contributed by atoms with Crippen LogP contribution >= 0.6 is 12.4 Å². The Kier molecular flexibility index (Phi) is 6.74. The third-order valence-corrected chi connectivity index (χ3v) is 7.71. The van der Waals surface area contributed by atoms with E-state index >= 15 is 0 Å². The Labute approximate surface area is 161 Å². The molecule has 26 heavy (non-hydrogen) atoms. The van der Waals surface area contributed by atoms with E-state index in [0.29, 0.717) is 37.7 Å². The fraction of sp³-hybridized carbons (Fsp3) is 0.765. The summed E-state index contributed by atoms with van der Waals surface area (Å²) in [5.41, 5.74) is 0.996. The van der Waals surface area contributed by atoms with Gasteiger partial charge in [0.05, 0.1) is 5.69 Å². The van der Waals surface area contributed by atoms with Crippen LogP contribution in [0.5, 0.6) is 0 Å². The molecule has 1 saturated carbocycles. The minimum absolute atomic E-state index is 0. The zero-order valence-electron chi connectivity index (χ0n) is 15.5. The lowest BCUT2D eigenvalue weighted by Crippen LogP contribution is -2.55. The molecule has 0 atom stereocenters. The van der Waals surface area contributed by atoms with Gasteiger partial charge in [-0.05, 0) is 38.8 Å². The number of aryl methyl sites for hydroxylation is 1. The average molecular weight is 405 g/mol. The van der Waals surface area contributed by atoms with E-state index in [1.54, 1.807) is 11.7 Å². The molecule has 2 fully saturated rings. The molecule has 1 amide bonds. The topological polar surface area (TPSA) is 93.1 Å². The Hall–Kier alpha value is -1.12. The van der Waals surface area contributed by atoms with Crippen molar-refractivity contribution >= 4 is 34.0 Å². The molecular weight excluding hydrogens is 376 g/mol. The number of nitrogens with zero attached hydrogens (tertiary/aromatic N) is 2. The fourth-order valence-electron chi connectivity index (χ4n) is 4.03. The van der Waals surface area contributed by atoms with E-state index < -0.39 is 20.5 Å². The summed E-state index contributed by atoms with van der Waals surface area (Å²) in [6.45, 7) is 1.05. The zero-order valence-corrected chi connectivity index (χ0v) is 17.1. The minimum Gasteiger partial charge on any atom is -0.317 e. The lowest BCUT2D eigenvalue weighted by atomic mass is 9.87. The van der Waals surface area contributed by atoms with Gasteiger partial charge in [0.25, 0.3) is 0 Å². The van der Waals surface area contributed by atoms with Crippen LogP contribution in [-0.2, 0) is 21.7 Å². The van der Waals surface area contributed by atoms with Crippen molar-refractivity contribution in [3.05, 3.63) is 11.8 Å². The number of aromatic nitrogens is 2. The van der Waals surface area contributed by atoms with Crippen molar-refractivity contribution < 1.29 is 13.2 Å². The standard InChI is InChI=1S/C17H28N4O3S.ClH/c1-21-15(12-14(20-21)13-6-4-3-5-7-13)19-16(22)17(25(2,23)24)8-10-18-11-9-17;/h12-13,18H,3-11H2,1-2H3,(H,19,22);1H. The summed E-state index contributed by atoms with van der Waals surface area (Å²) in [5, 5.41) is 10.5. The molecule has 2 N–H and O–H groups in total. The number of sulfone groups is 1. The van der Waals surface area contributed by atoms with Gasteiger partial charge >= 0.3 is 0 Å². The van der Waals surface area contributed by atoms with Crippen molar-refractivity contribution in [2.75, 3.05) is 24.7 Å². The molecule has 0 radical (unpaired) electrons. The van der Waals surface area contributed by atoms with Gasteiger partial charge in [0.15, 0.2) is 14.6 Å². The third-order valence-electron chi connectivity index (χ3n) is 5.70. The summed E-state index contributed by atoms with van der Waals surface area (Å²) in [7, 11) is -1.73. The van der Waals surface area contributed by atoms with Crippen LogP contribution in [0.15, 0.2) is 6.07 Å². The van der Waals surface area contributed by atoms with E-state index in [2.05, 4.69) is 15.7 Å². The second kappa shape index (κ2) is 8.27. The van der Waals surface area contributed by atoms with Crippen molar-refractivity contribution in [1.29, 1.82) is 0 Å². The minimum atomic E-state index is -3.52. The van der Waals surface area contributed by atoms with Gasteiger partial charge in [0.2, 0.25) is 5.91 Å². The highest BCUT2D eigenvalue weighted by atomic mass is 35.5. The predicted octanol–water partition coefficient (Wildman–Crippen LogP) is 1.99. The van der Waals surface area contributed by atoms with E-state index in [4.69, 9.17) is 0 Å². The Balaban J connectivity index is 0.00000243. The molecule has 7 nitrogen and oxygen atoms in total. The molecule has 9 heteroatoms. The lowest BCUT2D eigenvalue weighted by Gasteiger charge is -2.34. The maximum atomic E-state index is 12.9. The fourth-order valence-corrected chi connectivity index (χ4v) is 5.36. The Morgan fingerprint density at radius 2 is 1.88 bits per heavy atom. The molecule has 1 aliphatic carbocycles. The van der Waals surface area contributed by atoms with Crippen molar-refractivity contribution in [2.45, 2.75) is 55.6 Å². The molecule has 2 aliphatic rings. The van der Waals surface area contributed by atoms with Gasteiger partial charge in [-0.25, -0.2) is 8.42 Å². The average Bonchev–Trinajstić information content (AvgIpc) is 2.96. The summed E-state index contributed by atoms with van der Waals surface area (Å²) in [5.74, 6) is 0.579. The molecule has 1 aromatic heterocycles. The van der Waals surface area contributed by atoms with Crippen LogP contribution in [0.4, 0.5) is 5.82 Å². The normalized spacial score (nSPS) is 21.0. The maximum Gasteiger partial charge on any atom is 0.247 e. The largest absolute Gasteiger partial charge is 0.317 e. The summed E-state index contributed by atoms with van der Waals surface area (Å²) < 4.78 is 25.0. The van der Waals surface area contributed by atoms with Crippen LogP contribution in [0.25, 0.3) is 0 Å². The molecular formula is C17H29ClN4O3S. The third kappa shape index (κ3) is 4.07. The highest BCUT2D eigenvalue weighted by molar-refractivity contribution is 7.92. The van der Waals surface area contributed by atoms with Crippen molar-refractivity contribution in [2.24, 2.45) is 7.05 Å². The van der Waals surface area contributed by atoms with Crippen LogP contribution in [0.2, 0.25) is 0 Å². The van der Waals surface area contributed by atoms with Crippen LogP contribution in [0, 0.1) is 0 Å². The Morgan fingerprint density at radius 1 is 1.27 bits per heavy atom. The molecule has 0 bridgehead atoms. The number of anilines is 1. The second-order valence-corrected chi connectivity index (χ2v) is 9.71. The van der Waals surface area contributed by atoms with E-state index in [0.717, 1.165) is 24.8 Å². The molecule has 0 spiro atoms. The first-order chi connectivity index (χ1) is 11.8. The maximum absolute atomic E-state index is 12.9. The molecule has 1 aliphatic heterocycles. The number of carbonyl (C=O) groups excluding carboxylic acids is 1. The van der Waals surface area contributed by atoms with Gasteiger partial charge < -0.3 is 10.6 Å². The van der Waals surface area contributed by atoms with Crippen LogP contribution in [-0.4, -0.2) is 48.2 Å². The molecule has 1 aromatic rings. The second-order valence-electron chi connectivity index (χ2n) is 7.38. The summed E-state index contributed by atoms with van der Waals surface area (Å²) in [4.78, 5) is 12.9. The molecule has 3 rings (SSSR count). The monoisotopic (exact) mass is 404 g/mol. The molecule has 1 saturated heterocycles. The molecule has 0 aromatic carbocycles. The Morgan fingerprint density at radius 3 is 2.46 bits per heavy atom. The zero-order chi connectivity index (χ0) is 18.1. The SMILES string of the molecule is Cl.Cn1nc(C2CCCCC2)cc1NC(=O)C1(S(C)(=O)=O)CCNCC1. The number of amides is 1. The van der Waals surface area contributed by atoms with Gasteiger partial charge in [-0.1, -0.05) is 19.3 Å². The summed E-state index contributed by atoms with van der Waals surface area (Å²) >= 11 is 0. The predicted molar refractivity (Wildman–Crippen MR) is 105 cm³/mol. The number of nitrogens with one attached hydrogen (secondary N) is 2. The number of halogens is 1. The van der Waals surface area contributed by atoms with E-state index in [1.807, 2.05) is 6.07 Å². The van der Waals surface area contributed by atoms with Crippen molar-refractivity contribution in [1.82, 2.24) is 15.1 Å². The highest BCUT2D eigenvalue weighted by Crippen LogP contribution is 2.34. The molecule has 2 heterocycles. The summed E-state index contributed by atoms with van der Waals surface area (Å²) in [6, 6.07) is 1.91. The Bertz CT molecular complexity index is 735. The number of carbonyl (C=O) groups is 1. The molecule has 148 valence electrons.